The Labute approximate surface area is 279 Å². The standard InChI is InChI=1S/C42H33NO5/c1-26-11-10-16-31(25-26)43-38(44)36-37(39(43)45)42(30-14-8-5-9-15-30)35(28-19-23-33(48-3)24-20-28)34(27-17-21-32(47-2)22-18-27)41(36,40(42)46)29-12-6-4-7-13-29/h4-25,36-37H,1-3H3/t36-,37-,41+,42+/m0/s1. The molecule has 0 unspecified atom stereocenters. The normalized spacial score (nSPS) is 24.3. The first-order valence-corrected chi connectivity index (χ1v) is 16.0. The zero-order valence-electron chi connectivity index (χ0n) is 26.8. The molecular formula is C42H33NO5. The number of hydrogen-bond donors (Lipinski definition) is 0. The van der Waals surface area contributed by atoms with Crippen LogP contribution in [-0.2, 0) is 25.2 Å². The fourth-order valence-corrected chi connectivity index (χ4v) is 8.66. The highest BCUT2D eigenvalue weighted by Gasteiger charge is 2.82. The van der Waals surface area contributed by atoms with Crippen LogP contribution in [0.4, 0.5) is 5.69 Å². The van der Waals surface area contributed by atoms with Gasteiger partial charge in [-0.05, 0) is 82.3 Å². The summed E-state index contributed by atoms with van der Waals surface area (Å²) in [4.78, 5) is 47.5. The molecule has 5 aromatic rings. The number of rotatable bonds is 7. The Bertz CT molecular complexity index is 1990. The van der Waals surface area contributed by atoms with Crippen molar-refractivity contribution in [3.05, 3.63) is 161 Å². The molecular weight excluding hydrogens is 598 g/mol. The highest BCUT2D eigenvalue weighted by molar-refractivity contribution is 6.39. The van der Waals surface area contributed by atoms with Gasteiger partial charge in [0.15, 0.2) is 5.78 Å². The van der Waals surface area contributed by atoms with E-state index in [0.717, 1.165) is 27.8 Å². The topological polar surface area (TPSA) is 72.9 Å². The average Bonchev–Trinajstić information content (AvgIpc) is 3.64. The van der Waals surface area contributed by atoms with E-state index in [4.69, 9.17) is 9.47 Å². The molecule has 0 radical (unpaired) electrons. The number of benzene rings is 5. The van der Waals surface area contributed by atoms with Crippen molar-refractivity contribution >= 4 is 34.4 Å². The lowest BCUT2D eigenvalue weighted by Gasteiger charge is -2.39. The van der Waals surface area contributed by atoms with Gasteiger partial charge in [-0.1, -0.05) is 97.1 Å². The number of methoxy groups -OCH3 is 2. The first kappa shape index (κ1) is 29.6. The maximum Gasteiger partial charge on any atom is 0.239 e. The molecule has 4 atom stereocenters. The van der Waals surface area contributed by atoms with Gasteiger partial charge >= 0.3 is 0 Å². The third-order valence-electron chi connectivity index (χ3n) is 10.5. The summed E-state index contributed by atoms with van der Waals surface area (Å²) in [6, 6.07) is 41.8. The monoisotopic (exact) mass is 631 g/mol. The van der Waals surface area contributed by atoms with E-state index < -0.39 is 22.7 Å². The number of ether oxygens (including phenoxy) is 2. The molecule has 236 valence electrons. The van der Waals surface area contributed by atoms with Crippen LogP contribution in [0.3, 0.4) is 0 Å². The van der Waals surface area contributed by atoms with Crippen LogP contribution >= 0.6 is 0 Å². The van der Waals surface area contributed by atoms with Crippen LogP contribution in [0.15, 0.2) is 133 Å². The quantitative estimate of drug-likeness (QED) is 0.178. The summed E-state index contributed by atoms with van der Waals surface area (Å²) >= 11 is 0. The molecule has 2 fully saturated rings. The van der Waals surface area contributed by atoms with E-state index in [2.05, 4.69) is 0 Å². The molecule has 1 saturated heterocycles. The van der Waals surface area contributed by atoms with Crippen molar-refractivity contribution in [2.24, 2.45) is 11.8 Å². The first-order valence-electron chi connectivity index (χ1n) is 16.0. The van der Waals surface area contributed by atoms with Gasteiger partial charge in [0, 0.05) is 0 Å². The summed E-state index contributed by atoms with van der Waals surface area (Å²) in [5.41, 5.74) is 2.87. The van der Waals surface area contributed by atoms with Crippen molar-refractivity contribution < 1.29 is 23.9 Å². The minimum absolute atomic E-state index is 0.162. The number of hydrogen-bond acceptors (Lipinski definition) is 5. The van der Waals surface area contributed by atoms with Crippen molar-refractivity contribution in [3.63, 3.8) is 0 Å². The maximum atomic E-state index is 16.0. The lowest BCUT2D eigenvalue weighted by Crippen LogP contribution is -2.45. The summed E-state index contributed by atoms with van der Waals surface area (Å²) < 4.78 is 11.0. The SMILES string of the molecule is COc1ccc(C2=C(c3ccc(OC)cc3)[C@@]3(c4ccccc4)C(=O)[C@@]2(c2ccccc2)[C@@H]2C(=O)N(c4cccc(C)c4)C(=O)[C@H]23)cc1. The molecule has 5 aromatic carbocycles. The van der Waals surface area contributed by atoms with Crippen LogP contribution in [0.25, 0.3) is 11.1 Å². The van der Waals surface area contributed by atoms with Gasteiger partial charge in [0.2, 0.25) is 11.8 Å². The van der Waals surface area contributed by atoms with Crippen molar-refractivity contribution in [1.82, 2.24) is 0 Å². The van der Waals surface area contributed by atoms with E-state index in [-0.39, 0.29) is 17.6 Å². The minimum Gasteiger partial charge on any atom is -0.497 e. The molecule has 0 spiro atoms. The molecule has 0 aromatic heterocycles. The van der Waals surface area contributed by atoms with E-state index in [1.807, 2.05) is 134 Å². The number of imide groups is 1. The van der Waals surface area contributed by atoms with E-state index in [1.165, 1.54) is 4.90 Å². The number of ketones is 1. The number of Topliss-reactive ketones (excluding diaryl/α,β-unsaturated/α-hetero) is 1. The van der Waals surface area contributed by atoms with Crippen molar-refractivity contribution in [3.8, 4) is 11.5 Å². The summed E-state index contributed by atoms with van der Waals surface area (Å²) in [5.74, 6) is -1.54. The number of aryl methyl sites for hydroxylation is 1. The second-order valence-corrected chi connectivity index (χ2v) is 12.7. The second-order valence-electron chi connectivity index (χ2n) is 12.7. The Hall–Kier alpha value is -5.75. The predicted molar refractivity (Wildman–Crippen MR) is 185 cm³/mol. The van der Waals surface area contributed by atoms with Crippen LogP contribution in [0.5, 0.6) is 11.5 Å². The largest absolute Gasteiger partial charge is 0.497 e. The van der Waals surface area contributed by atoms with Crippen LogP contribution in [0.1, 0.15) is 27.8 Å². The van der Waals surface area contributed by atoms with Crippen molar-refractivity contribution in [2.45, 2.75) is 17.8 Å². The molecule has 2 aliphatic carbocycles. The summed E-state index contributed by atoms with van der Waals surface area (Å²) in [6.45, 7) is 1.94. The number of anilines is 1. The van der Waals surface area contributed by atoms with Gasteiger partial charge in [-0.15, -0.1) is 0 Å². The third kappa shape index (κ3) is 3.77. The maximum absolute atomic E-state index is 16.0. The van der Waals surface area contributed by atoms with Gasteiger partial charge < -0.3 is 9.47 Å². The third-order valence-corrected chi connectivity index (χ3v) is 10.5. The highest BCUT2D eigenvalue weighted by atomic mass is 16.5. The molecule has 2 amide bonds. The minimum atomic E-state index is -1.48. The molecule has 1 saturated carbocycles. The zero-order chi connectivity index (χ0) is 33.2. The Kier molecular flexibility index (Phi) is 6.74. The molecule has 6 heteroatoms. The fourth-order valence-electron chi connectivity index (χ4n) is 8.66. The lowest BCUT2D eigenvalue weighted by atomic mass is 9.59. The molecule has 0 N–H and O–H groups in total. The number of carbonyl (C=O) groups is 3. The molecule has 2 bridgehead atoms. The van der Waals surface area contributed by atoms with Gasteiger partial charge in [0.05, 0.1) is 42.6 Å². The summed E-state index contributed by atoms with van der Waals surface area (Å²) in [5, 5.41) is 0. The van der Waals surface area contributed by atoms with Crippen molar-refractivity contribution in [2.75, 3.05) is 19.1 Å². The van der Waals surface area contributed by atoms with Crippen molar-refractivity contribution in [1.29, 1.82) is 0 Å². The molecule has 6 nitrogen and oxygen atoms in total. The molecule has 1 aliphatic heterocycles. The second kappa shape index (κ2) is 10.9. The Morgan fingerprint density at radius 1 is 0.542 bits per heavy atom. The number of carbonyl (C=O) groups excluding carboxylic acids is 3. The number of fused-ring (bicyclic) bond motifs is 5. The van der Waals surface area contributed by atoms with E-state index in [9.17, 15) is 0 Å². The van der Waals surface area contributed by atoms with Gasteiger partial charge in [-0.3, -0.25) is 14.4 Å². The van der Waals surface area contributed by atoms with E-state index in [0.29, 0.717) is 28.3 Å². The predicted octanol–water partition coefficient (Wildman–Crippen LogP) is 7.20. The number of allylic oxidation sites excluding steroid dienone is 2. The van der Waals surface area contributed by atoms with Gasteiger partial charge in [0.1, 0.15) is 11.5 Å². The summed E-state index contributed by atoms with van der Waals surface area (Å²) in [7, 11) is 3.22. The first-order chi connectivity index (χ1) is 23.4. The molecule has 3 aliphatic rings. The number of amides is 2. The van der Waals surface area contributed by atoms with Crippen LogP contribution in [0.2, 0.25) is 0 Å². The van der Waals surface area contributed by atoms with Gasteiger partial charge in [-0.2, -0.15) is 0 Å². The van der Waals surface area contributed by atoms with Gasteiger partial charge in [0.25, 0.3) is 0 Å². The number of nitrogens with zero attached hydrogens (tertiary/aromatic N) is 1. The molecule has 8 rings (SSSR count). The smallest absolute Gasteiger partial charge is 0.239 e. The molecule has 1 heterocycles. The average molecular weight is 632 g/mol. The zero-order valence-corrected chi connectivity index (χ0v) is 26.8. The Balaban J connectivity index is 1.55. The van der Waals surface area contributed by atoms with E-state index in [1.54, 1.807) is 20.3 Å². The Morgan fingerprint density at radius 2 is 0.979 bits per heavy atom. The molecule has 48 heavy (non-hydrogen) atoms. The highest BCUT2D eigenvalue weighted by Crippen LogP contribution is 2.74. The van der Waals surface area contributed by atoms with Gasteiger partial charge in [-0.25, -0.2) is 4.90 Å². The fraction of sp³-hybridized carbons (Fsp3) is 0.167. The van der Waals surface area contributed by atoms with Crippen LogP contribution in [0, 0.1) is 18.8 Å². The summed E-state index contributed by atoms with van der Waals surface area (Å²) in [6.07, 6.45) is 0. The Morgan fingerprint density at radius 3 is 1.38 bits per heavy atom. The van der Waals surface area contributed by atoms with E-state index >= 15 is 14.4 Å². The van der Waals surface area contributed by atoms with Crippen LogP contribution in [-0.4, -0.2) is 31.8 Å². The van der Waals surface area contributed by atoms with Crippen LogP contribution < -0.4 is 14.4 Å². The lowest BCUT2D eigenvalue weighted by molar-refractivity contribution is -0.130.